The summed E-state index contributed by atoms with van der Waals surface area (Å²) in [5.74, 6) is 0. The molecule has 114 valence electrons. The Labute approximate surface area is 136 Å². The predicted molar refractivity (Wildman–Crippen MR) is 96.0 cm³/mol. The third-order valence-electron chi connectivity index (χ3n) is 4.77. The fourth-order valence-corrected chi connectivity index (χ4v) is 5.11. The number of aryl methyl sites for hydroxylation is 4. The molecule has 1 aromatic rings. The molecule has 4 heteroatoms. The average molecular weight is 330 g/mol. The molecule has 1 aliphatic carbocycles. The zero-order valence-electron chi connectivity index (χ0n) is 13.6. The standard InChI is InChI=1S/C18H18O2S2/c1-7-8(2)10(4)14-13(9(7)3)15(19)17-18(16(14)20)22-12(6)11(5)21-17/h1-6H3. The number of rotatable bonds is 0. The molecule has 0 radical (unpaired) electrons. The molecule has 0 bridgehead atoms. The Morgan fingerprint density at radius 3 is 1.18 bits per heavy atom. The quantitative estimate of drug-likeness (QED) is 0.617. The van der Waals surface area contributed by atoms with E-state index < -0.39 is 0 Å². The second kappa shape index (κ2) is 5.00. The van der Waals surface area contributed by atoms with Crippen LogP contribution in [0.2, 0.25) is 0 Å². The van der Waals surface area contributed by atoms with Gasteiger partial charge in [-0.15, -0.1) is 22.7 Å². The summed E-state index contributed by atoms with van der Waals surface area (Å²) in [6, 6.07) is 0. The van der Waals surface area contributed by atoms with Crippen LogP contribution >= 0.6 is 22.7 Å². The van der Waals surface area contributed by atoms with E-state index in [0.29, 0.717) is 19.8 Å². The molecule has 0 aromatic heterocycles. The van der Waals surface area contributed by atoms with E-state index in [9.17, 15) is 9.59 Å². The van der Waals surface area contributed by atoms with Gasteiger partial charge in [-0.25, -0.2) is 0 Å². The second-order valence-corrected chi connectivity index (χ2v) is 8.33. The highest BCUT2D eigenvalue weighted by atomic mass is 32.1. The van der Waals surface area contributed by atoms with Gasteiger partial charge in [0, 0.05) is 20.5 Å². The highest BCUT2D eigenvalue weighted by Gasteiger charge is 2.17. The Morgan fingerprint density at radius 2 is 0.864 bits per heavy atom. The van der Waals surface area contributed by atoms with Gasteiger partial charge in [0.05, 0.1) is 9.06 Å². The first-order valence-electron chi connectivity index (χ1n) is 7.22. The van der Waals surface area contributed by atoms with Crippen molar-refractivity contribution in [3.8, 4) is 0 Å². The number of hydrogen-bond donors (Lipinski definition) is 0. The summed E-state index contributed by atoms with van der Waals surface area (Å²) in [5, 5.41) is 1.23. The largest absolute Gasteiger partial charge is 0.288 e. The van der Waals surface area contributed by atoms with E-state index in [2.05, 4.69) is 0 Å². The first kappa shape index (κ1) is 15.4. The van der Waals surface area contributed by atoms with Crippen molar-refractivity contribution in [1.82, 2.24) is 0 Å². The van der Waals surface area contributed by atoms with Crippen LogP contribution in [0.1, 0.15) is 32.0 Å². The zero-order chi connectivity index (χ0) is 16.3. The van der Waals surface area contributed by atoms with Gasteiger partial charge >= 0.3 is 0 Å². The van der Waals surface area contributed by atoms with E-state index in [4.69, 9.17) is 0 Å². The fourth-order valence-electron chi connectivity index (χ4n) is 2.95. The highest BCUT2D eigenvalue weighted by Crippen LogP contribution is 2.27. The second-order valence-electron chi connectivity index (χ2n) is 5.88. The van der Waals surface area contributed by atoms with E-state index in [0.717, 1.165) is 32.0 Å². The van der Waals surface area contributed by atoms with E-state index in [1.54, 1.807) is 0 Å². The molecule has 2 aliphatic rings. The van der Waals surface area contributed by atoms with E-state index in [1.807, 2.05) is 41.5 Å². The third kappa shape index (κ3) is 1.90. The van der Waals surface area contributed by atoms with Crippen molar-refractivity contribution < 1.29 is 0 Å². The molecule has 0 fully saturated rings. The molecular formula is C18H18O2S2. The van der Waals surface area contributed by atoms with Gasteiger partial charge < -0.3 is 0 Å². The molecule has 1 heterocycles. The maximum absolute atomic E-state index is 13.0. The zero-order valence-corrected chi connectivity index (χ0v) is 15.3. The smallest absolute Gasteiger partial charge is 0.205 e. The highest BCUT2D eigenvalue weighted by molar-refractivity contribution is 7.17. The van der Waals surface area contributed by atoms with Gasteiger partial charge in [-0.3, -0.25) is 9.59 Å². The van der Waals surface area contributed by atoms with Gasteiger partial charge in [-0.05, 0) is 63.8 Å². The molecule has 0 spiro atoms. The molecule has 3 rings (SSSR count). The minimum absolute atomic E-state index is 0.0117. The molecule has 2 nitrogen and oxygen atoms in total. The molecule has 0 saturated heterocycles. The number of benzene rings is 1. The fraction of sp³-hybridized carbons (Fsp3) is 0.333. The monoisotopic (exact) mass is 330 g/mol. The van der Waals surface area contributed by atoms with Crippen LogP contribution in [0.5, 0.6) is 0 Å². The summed E-state index contributed by atoms with van der Waals surface area (Å²) in [6.07, 6.45) is 0. The van der Waals surface area contributed by atoms with Crippen LogP contribution in [0.15, 0.2) is 9.59 Å². The SMILES string of the molecule is Cc1sc2c(=O)c3c(C)c(C)c(C)c(C)c3c(=O)c=2sc1C. The predicted octanol–water partition coefficient (Wildman–Crippen LogP) is 4.26. The minimum Gasteiger partial charge on any atom is -0.288 e. The van der Waals surface area contributed by atoms with Gasteiger partial charge in [0.2, 0.25) is 10.9 Å². The molecule has 0 amide bonds. The lowest BCUT2D eigenvalue weighted by atomic mass is 9.92. The summed E-state index contributed by atoms with van der Waals surface area (Å²) in [5.41, 5.74) is 4.13. The van der Waals surface area contributed by atoms with Gasteiger partial charge in [0.15, 0.2) is 0 Å². The Bertz CT molecular complexity index is 1030. The lowest BCUT2D eigenvalue weighted by Crippen LogP contribution is -2.17. The molecule has 1 aromatic carbocycles. The van der Waals surface area contributed by atoms with Gasteiger partial charge in [0.1, 0.15) is 0 Å². The van der Waals surface area contributed by atoms with E-state index in [-0.39, 0.29) is 10.9 Å². The van der Waals surface area contributed by atoms with Crippen LogP contribution in [0.25, 0.3) is 10.8 Å². The third-order valence-corrected chi connectivity index (χ3v) is 7.44. The van der Waals surface area contributed by atoms with Crippen LogP contribution in [0.3, 0.4) is 0 Å². The van der Waals surface area contributed by atoms with Crippen molar-refractivity contribution in [2.45, 2.75) is 41.5 Å². The maximum Gasteiger partial charge on any atom is 0.205 e. The Hall–Kier alpha value is -1.52. The van der Waals surface area contributed by atoms with Gasteiger partial charge in [-0.1, -0.05) is 0 Å². The Morgan fingerprint density at radius 1 is 0.545 bits per heavy atom. The van der Waals surface area contributed by atoms with Gasteiger partial charge in [-0.2, -0.15) is 0 Å². The number of hydrogen-bond acceptors (Lipinski definition) is 4. The molecule has 0 saturated carbocycles. The van der Waals surface area contributed by atoms with Crippen molar-refractivity contribution in [3.05, 3.63) is 61.5 Å². The van der Waals surface area contributed by atoms with E-state index >= 15 is 0 Å². The van der Waals surface area contributed by atoms with E-state index in [1.165, 1.54) is 22.7 Å². The first-order valence-corrected chi connectivity index (χ1v) is 8.86. The average Bonchev–Trinajstić information content (AvgIpc) is 2.48. The van der Waals surface area contributed by atoms with Crippen LogP contribution < -0.4 is 10.9 Å². The Balaban J connectivity index is 2.85. The Kier molecular flexibility index (Phi) is 3.49. The first-order chi connectivity index (χ1) is 10.3. The summed E-state index contributed by atoms with van der Waals surface area (Å²) < 4.78 is 1.22. The lowest BCUT2D eigenvalue weighted by Gasteiger charge is -2.13. The molecule has 22 heavy (non-hydrogen) atoms. The molecule has 0 atom stereocenters. The molecule has 1 aliphatic heterocycles. The number of fused-ring (bicyclic) bond motifs is 1. The molecule has 0 N–H and O–H groups in total. The van der Waals surface area contributed by atoms with Crippen LogP contribution in [0.4, 0.5) is 0 Å². The topological polar surface area (TPSA) is 34.1 Å². The van der Waals surface area contributed by atoms with Crippen molar-refractivity contribution in [3.63, 3.8) is 0 Å². The lowest BCUT2D eigenvalue weighted by molar-refractivity contribution is 1.24. The normalized spacial score (nSPS) is 11.5. The van der Waals surface area contributed by atoms with Crippen LogP contribution in [0, 0.1) is 50.6 Å². The molecular weight excluding hydrogens is 312 g/mol. The van der Waals surface area contributed by atoms with Crippen molar-refractivity contribution in [2.75, 3.05) is 0 Å². The summed E-state index contributed by atoms with van der Waals surface area (Å²) in [7, 11) is 0. The van der Waals surface area contributed by atoms with Crippen molar-refractivity contribution in [1.29, 1.82) is 0 Å². The summed E-state index contributed by atoms with van der Waals surface area (Å²) in [6.45, 7) is 12.0. The summed E-state index contributed by atoms with van der Waals surface area (Å²) >= 11 is 2.89. The van der Waals surface area contributed by atoms with Crippen molar-refractivity contribution >= 4 is 33.4 Å². The van der Waals surface area contributed by atoms with Crippen LogP contribution in [-0.2, 0) is 0 Å². The maximum atomic E-state index is 13.0. The van der Waals surface area contributed by atoms with Crippen molar-refractivity contribution in [2.24, 2.45) is 0 Å². The molecule has 0 unspecified atom stereocenters. The van der Waals surface area contributed by atoms with Crippen LogP contribution in [-0.4, -0.2) is 0 Å². The summed E-state index contributed by atoms with van der Waals surface area (Å²) in [4.78, 5) is 28.2. The minimum atomic E-state index is 0.0117. The van der Waals surface area contributed by atoms with Gasteiger partial charge in [0.25, 0.3) is 0 Å².